The number of nitrogens with zero attached hydrogens (tertiary/aromatic N) is 3. The standard InChI is InChI=1S/C9H12N4O3S/c1-2-6(5-14)10-7-8(13(15)16)12-3-4-17-9(12)11-7/h3-4,6,10,14H,2,5H2,1H3. The molecule has 0 saturated heterocycles. The van der Waals surface area contributed by atoms with Crippen molar-refractivity contribution < 1.29 is 10.0 Å². The monoisotopic (exact) mass is 256 g/mol. The minimum atomic E-state index is -0.473. The van der Waals surface area contributed by atoms with Crippen LogP contribution in [-0.4, -0.2) is 32.1 Å². The quantitative estimate of drug-likeness (QED) is 0.624. The number of rotatable bonds is 5. The molecule has 1 unspecified atom stereocenters. The highest BCUT2D eigenvalue weighted by atomic mass is 32.1. The molecule has 17 heavy (non-hydrogen) atoms. The van der Waals surface area contributed by atoms with E-state index in [-0.39, 0.29) is 24.3 Å². The van der Waals surface area contributed by atoms with Gasteiger partial charge in [0.2, 0.25) is 5.82 Å². The van der Waals surface area contributed by atoms with Crippen molar-refractivity contribution in [3.63, 3.8) is 0 Å². The first-order chi connectivity index (χ1) is 8.17. The lowest BCUT2D eigenvalue weighted by Crippen LogP contribution is -2.23. The molecule has 0 aliphatic rings. The summed E-state index contributed by atoms with van der Waals surface area (Å²) in [6.07, 6.45) is 2.27. The van der Waals surface area contributed by atoms with Crippen molar-refractivity contribution in [3.8, 4) is 0 Å². The molecule has 0 spiro atoms. The van der Waals surface area contributed by atoms with Crippen LogP contribution in [0.3, 0.4) is 0 Å². The summed E-state index contributed by atoms with van der Waals surface area (Å²) >= 11 is 1.33. The Bertz CT molecular complexity index is 531. The Morgan fingerprint density at radius 1 is 1.76 bits per heavy atom. The summed E-state index contributed by atoms with van der Waals surface area (Å²) in [5.74, 6) is 0.121. The van der Waals surface area contributed by atoms with Crippen LogP contribution in [0, 0.1) is 10.1 Å². The average molecular weight is 256 g/mol. The highest BCUT2D eigenvalue weighted by Gasteiger charge is 2.24. The SMILES string of the molecule is CCC(CO)Nc1nc2sccn2c1[N+](=O)[O-]. The number of imidazole rings is 1. The summed E-state index contributed by atoms with van der Waals surface area (Å²) in [6, 6.07) is -0.224. The molecular weight excluding hydrogens is 244 g/mol. The van der Waals surface area contributed by atoms with E-state index in [0.29, 0.717) is 11.4 Å². The van der Waals surface area contributed by atoms with Gasteiger partial charge in [-0.3, -0.25) is 0 Å². The van der Waals surface area contributed by atoms with Gasteiger partial charge in [0.15, 0.2) is 0 Å². The van der Waals surface area contributed by atoms with Crippen molar-refractivity contribution in [3.05, 3.63) is 21.7 Å². The molecule has 8 heteroatoms. The normalized spacial score (nSPS) is 12.8. The van der Waals surface area contributed by atoms with Crippen molar-refractivity contribution in [1.29, 1.82) is 0 Å². The molecule has 0 radical (unpaired) electrons. The van der Waals surface area contributed by atoms with Crippen molar-refractivity contribution >= 4 is 27.9 Å². The summed E-state index contributed by atoms with van der Waals surface area (Å²) in [5.41, 5.74) is 0. The molecule has 0 aromatic carbocycles. The van der Waals surface area contributed by atoms with E-state index in [1.807, 2.05) is 6.92 Å². The highest BCUT2D eigenvalue weighted by Crippen LogP contribution is 2.28. The molecule has 1 atom stereocenters. The van der Waals surface area contributed by atoms with E-state index in [1.165, 1.54) is 15.7 Å². The second-order valence-electron chi connectivity index (χ2n) is 3.53. The van der Waals surface area contributed by atoms with Gasteiger partial charge >= 0.3 is 5.82 Å². The maximum absolute atomic E-state index is 11.0. The summed E-state index contributed by atoms with van der Waals surface area (Å²) < 4.78 is 1.43. The molecule has 2 aromatic rings. The van der Waals surface area contributed by atoms with E-state index in [9.17, 15) is 10.1 Å². The smallest absolute Gasteiger partial charge is 0.372 e. The van der Waals surface area contributed by atoms with Gasteiger partial charge in [-0.15, -0.1) is 0 Å². The van der Waals surface area contributed by atoms with Crippen LogP contribution in [0.2, 0.25) is 0 Å². The Labute approximate surface area is 101 Å². The van der Waals surface area contributed by atoms with Crippen LogP contribution in [0.25, 0.3) is 4.96 Å². The summed E-state index contributed by atoms with van der Waals surface area (Å²) in [7, 11) is 0. The lowest BCUT2D eigenvalue weighted by Gasteiger charge is -2.12. The first-order valence-corrected chi connectivity index (χ1v) is 6.02. The van der Waals surface area contributed by atoms with Crippen molar-refractivity contribution in [1.82, 2.24) is 9.38 Å². The second-order valence-corrected chi connectivity index (χ2v) is 4.40. The fourth-order valence-electron chi connectivity index (χ4n) is 1.52. The second kappa shape index (κ2) is 4.68. The van der Waals surface area contributed by atoms with Gasteiger partial charge in [0.25, 0.3) is 4.96 Å². The Balaban J connectivity index is 2.41. The number of hydrogen-bond donors (Lipinski definition) is 2. The number of aliphatic hydroxyl groups is 1. The molecule has 2 aromatic heterocycles. The van der Waals surface area contributed by atoms with E-state index in [2.05, 4.69) is 10.3 Å². The van der Waals surface area contributed by atoms with Crippen molar-refractivity contribution in [2.75, 3.05) is 11.9 Å². The Kier molecular flexibility index (Phi) is 3.25. The third kappa shape index (κ3) is 2.08. The van der Waals surface area contributed by atoms with Crippen LogP contribution in [0.15, 0.2) is 11.6 Å². The highest BCUT2D eigenvalue weighted by molar-refractivity contribution is 7.15. The number of thiazole rings is 1. The number of fused-ring (bicyclic) bond motifs is 1. The molecule has 7 nitrogen and oxygen atoms in total. The molecule has 0 amide bonds. The minimum absolute atomic E-state index is 0.0845. The number of nitrogens with one attached hydrogen (secondary N) is 1. The van der Waals surface area contributed by atoms with Crippen molar-refractivity contribution in [2.45, 2.75) is 19.4 Å². The number of aromatic nitrogens is 2. The average Bonchev–Trinajstić information content (AvgIpc) is 2.84. The van der Waals surface area contributed by atoms with E-state index < -0.39 is 4.92 Å². The summed E-state index contributed by atoms with van der Waals surface area (Å²) in [6.45, 7) is 1.80. The maximum Gasteiger partial charge on any atom is 0.372 e. The summed E-state index contributed by atoms with van der Waals surface area (Å²) in [5, 5.41) is 24.7. The summed E-state index contributed by atoms with van der Waals surface area (Å²) in [4.78, 5) is 15.2. The number of hydrogen-bond acceptors (Lipinski definition) is 6. The lowest BCUT2D eigenvalue weighted by molar-refractivity contribution is -0.389. The van der Waals surface area contributed by atoms with Gasteiger partial charge in [-0.1, -0.05) is 18.3 Å². The molecule has 0 bridgehead atoms. The zero-order valence-corrected chi connectivity index (χ0v) is 9.98. The Morgan fingerprint density at radius 3 is 3.12 bits per heavy atom. The Morgan fingerprint density at radius 2 is 2.53 bits per heavy atom. The van der Waals surface area contributed by atoms with Gasteiger partial charge in [-0.05, 0) is 11.3 Å². The topological polar surface area (TPSA) is 92.7 Å². The van der Waals surface area contributed by atoms with Gasteiger partial charge in [0.1, 0.15) is 6.20 Å². The van der Waals surface area contributed by atoms with Crippen LogP contribution in [0.4, 0.5) is 11.6 Å². The molecular formula is C9H12N4O3S. The first kappa shape index (κ1) is 11.8. The number of anilines is 1. The molecule has 2 rings (SSSR count). The van der Waals surface area contributed by atoms with E-state index in [4.69, 9.17) is 5.11 Å². The molecule has 0 saturated carbocycles. The van der Waals surface area contributed by atoms with Crippen LogP contribution in [0.1, 0.15) is 13.3 Å². The Hall–Kier alpha value is -1.67. The van der Waals surface area contributed by atoms with Crippen molar-refractivity contribution in [2.24, 2.45) is 0 Å². The lowest BCUT2D eigenvalue weighted by atomic mass is 10.2. The van der Waals surface area contributed by atoms with Gasteiger partial charge in [0.05, 0.1) is 12.6 Å². The minimum Gasteiger partial charge on any atom is -0.394 e. The van der Waals surface area contributed by atoms with Gasteiger partial charge in [-0.25, -0.2) is 0 Å². The largest absolute Gasteiger partial charge is 0.394 e. The number of nitro groups is 1. The van der Waals surface area contributed by atoms with Gasteiger partial charge in [0, 0.05) is 5.38 Å². The van der Waals surface area contributed by atoms with E-state index in [0.717, 1.165) is 0 Å². The zero-order valence-electron chi connectivity index (χ0n) is 9.16. The van der Waals surface area contributed by atoms with Crippen LogP contribution < -0.4 is 5.32 Å². The molecule has 0 aliphatic carbocycles. The van der Waals surface area contributed by atoms with Crippen LogP contribution >= 0.6 is 11.3 Å². The molecule has 2 heterocycles. The third-order valence-corrected chi connectivity index (χ3v) is 3.22. The molecule has 92 valence electrons. The van der Waals surface area contributed by atoms with Gasteiger partial charge in [-0.2, -0.15) is 9.38 Å². The molecule has 0 aliphatic heterocycles. The first-order valence-electron chi connectivity index (χ1n) is 5.14. The van der Waals surface area contributed by atoms with Crippen LogP contribution in [0.5, 0.6) is 0 Å². The zero-order chi connectivity index (χ0) is 12.4. The number of aliphatic hydroxyl groups excluding tert-OH is 1. The predicted octanol–water partition coefficient (Wildman–Crippen LogP) is 1.49. The molecule has 0 fully saturated rings. The van der Waals surface area contributed by atoms with Gasteiger partial charge < -0.3 is 20.5 Å². The predicted molar refractivity (Wildman–Crippen MR) is 64.5 cm³/mol. The third-order valence-electron chi connectivity index (χ3n) is 2.46. The maximum atomic E-state index is 11.0. The fourth-order valence-corrected chi connectivity index (χ4v) is 2.22. The van der Waals surface area contributed by atoms with E-state index >= 15 is 0 Å². The molecule has 2 N–H and O–H groups in total. The van der Waals surface area contributed by atoms with E-state index in [1.54, 1.807) is 11.6 Å². The van der Waals surface area contributed by atoms with Crippen LogP contribution in [-0.2, 0) is 0 Å². The fraction of sp³-hybridized carbons (Fsp3) is 0.444.